The summed E-state index contributed by atoms with van der Waals surface area (Å²) in [4.78, 5) is 0. The molecule has 0 bridgehead atoms. The molecule has 20 heavy (non-hydrogen) atoms. The molecular formula is C14H29KO4S. The van der Waals surface area contributed by atoms with Crippen molar-refractivity contribution in [3.8, 4) is 0 Å². The van der Waals surface area contributed by atoms with Crippen LogP contribution in [0.1, 0.15) is 78.1 Å². The Morgan fingerprint density at radius 1 is 0.950 bits per heavy atom. The van der Waals surface area contributed by atoms with Gasteiger partial charge in [-0.05, 0) is 19.3 Å². The van der Waals surface area contributed by atoms with Crippen molar-refractivity contribution in [3.63, 3.8) is 0 Å². The summed E-state index contributed by atoms with van der Waals surface area (Å²) < 4.78 is 33.6. The molecule has 0 aromatic carbocycles. The van der Waals surface area contributed by atoms with Crippen molar-refractivity contribution in [2.75, 3.05) is 0 Å². The van der Waals surface area contributed by atoms with E-state index in [1.807, 2.05) is 6.92 Å². The molecule has 0 aromatic rings. The third-order valence-corrected chi connectivity index (χ3v) is 4.71. The van der Waals surface area contributed by atoms with E-state index in [4.69, 9.17) is 0 Å². The maximum atomic E-state index is 11.2. The van der Waals surface area contributed by atoms with Crippen molar-refractivity contribution in [2.45, 2.75) is 89.4 Å². The molecule has 0 aromatic heterocycles. The summed E-state index contributed by atoms with van der Waals surface area (Å²) >= 11 is 0. The Kier molecular flexibility index (Phi) is 16.8. The van der Waals surface area contributed by atoms with Crippen LogP contribution in [0.3, 0.4) is 0 Å². The summed E-state index contributed by atoms with van der Waals surface area (Å²) in [5.74, 6) is 0. The third kappa shape index (κ3) is 13.2. The van der Waals surface area contributed by atoms with E-state index in [0.29, 0.717) is 12.8 Å². The number of rotatable bonds is 12. The third-order valence-electron chi connectivity index (χ3n) is 3.46. The van der Waals surface area contributed by atoms with Gasteiger partial charge in [0.05, 0.1) is 21.5 Å². The minimum Gasteiger partial charge on any atom is -0.748 e. The average molecular weight is 333 g/mol. The number of hydrogen-bond acceptors (Lipinski definition) is 4. The van der Waals surface area contributed by atoms with Crippen molar-refractivity contribution in [1.29, 1.82) is 0 Å². The molecule has 0 radical (unpaired) electrons. The Morgan fingerprint density at radius 3 is 2.00 bits per heavy atom. The fourth-order valence-corrected chi connectivity index (χ4v) is 3.13. The van der Waals surface area contributed by atoms with Gasteiger partial charge in [-0.2, -0.15) is 0 Å². The van der Waals surface area contributed by atoms with Crippen molar-refractivity contribution in [1.82, 2.24) is 0 Å². The predicted octanol–water partition coefficient (Wildman–Crippen LogP) is 0.206. The van der Waals surface area contributed by atoms with Crippen LogP contribution < -0.4 is 51.4 Å². The number of unbranched alkanes of at least 4 members (excludes halogenated alkanes) is 5. The Morgan fingerprint density at radius 2 is 1.50 bits per heavy atom. The van der Waals surface area contributed by atoms with E-state index in [0.717, 1.165) is 44.9 Å². The second kappa shape index (κ2) is 14.1. The molecule has 0 heterocycles. The van der Waals surface area contributed by atoms with Gasteiger partial charge in [0, 0.05) is 0 Å². The van der Waals surface area contributed by atoms with Gasteiger partial charge in [-0.15, -0.1) is 0 Å². The summed E-state index contributed by atoms with van der Waals surface area (Å²) in [6, 6.07) is 0. The first-order valence-corrected chi connectivity index (χ1v) is 9.01. The van der Waals surface area contributed by atoms with Gasteiger partial charge in [-0.1, -0.05) is 58.8 Å². The SMILES string of the molecule is CCCCCCCC(CC(O)CCCC)S(=O)(=O)[O-].[K+]. The molecule has 0 aliphatic heterocycles. The normalized spacial score (nSPS) is 14.6. The van der Waals surface area contributed by atoms with E-state index < -0.39 is 21.5 Å². The van der Waals surface area contributed by atoms with Crippen LogP contribution >= 0.6 is 0 Å². The first-order chi connectivity index (χ1) is 8.91. The molecule has 0 aliphatic rings. The standard InChI is InChI=1S/C14H30O4S.K/c1-3-5-7-8-9-11-14(19(16,17)18)12-13(15)10-6-4-2;/h13-15H,3-12H2,1-2H3,(H,16,17,18);/q;+1/p-1. The monoisotopic (exact) mass is 332 g/mol. The first kappa shape index (κ1) is 23.8. The molecule has 0 aliphatic carbocycles. The second-order valence-corrected chi connectivity index (χ2v) is 7.00. The van der Waals surface area contributed by atoms with Gasteiger partial charge in [0.1, 0.15) is 0 Å². The average Bonchev–Trinajstić information content (AvgIpc) is 2.33. The number of hydrogen-bond donors (Lipinski definition) is 1. The van der Waals surface area contributed by atoms with Crippen LogP contribution in [0.4, 0.5) is 0 Å². The van der Waals surface area contributed by atoms with Crippen LogP contribution in [0.5, 0.6) is 0 Å². The summed E-state index contributed by atoms with van der Waals surface area (Å²) in [7, 11) is -4.29. The van der Waals surface area contributed by atoms with Gasteiger partial charge < -0.3 is 9.66 Å². The predicted molar refractivity (Wildman–Crippen MR) is 77.0 cm³/mol. The van der Waals surface area contributed by atoms with Crippen molar-refractivity contribution in [2.24, 2.45) is 0 Å². The van der Waals surface area contributed by atoms with Crippen LogP contribution in [0.15, 0.2) is 0 Å². The van der Waals surface area contributed by atoms with Gasteiger partial charge in [-0.25, -0.2) is 8.42 Å². The van der Waals surface area contributed by atoms with E-state index in [2.05, 4.69) is 6.92 Å². The smallest absolute Gasteiger partial charge is 0.748 e. The number of aliphatic hydroxyl groups excluding tert-OH is 1. The summed E-state index contributed by atoms with van der Waals surface area (Å²) in [5.41, 5.74) is 0. The molecule has 4 nitrogen and oxygen atoms in total. The Bertz CT molecular complexity index is 306. The van der Waals surface area contributed by atoms with E-state index in [9.17, 15) is 18.1 Å². The van der Waals surface area contributed by atoms with Crippen LogP contribution in [0.25, 0.3) is 0 Å². The fourth-order valence-electron chi connectivity index (χ4n) is 2.22. The van der Waals surface area contributed by atoms with Gasteiger partial charge >= 0.3 is 51.4 Å². The van der Waals surface area contributed by atoms with Crippen LogP contribution in [0.2, 0.25) is 0 Å². The molecule has 0 saturated heterocycles. The maximum Gasteiger partial charge on any atom is 1.00 e. The summed E-state index contributed by atoms with van der Waals surface area (Å²) in [6.07, 6.45) is 7.32. The summed E-state index contributed by atoms with van der Waals surface area (Å²) in [5, 5.41) is 8.84. The molecule has 6 heteroatoms. The largest absolute Gasteiger partial charge is 1.00 e. The molecule has 2 unspecified atom stereocenters. The fraction of sp³-hybridized carbons (Fsp3) is 1.00. The van der Waals surface area contributed by atoms with Crippen molar-refractivity contribution >= 4 is 10.1 Å². The molecule has 2 atom stereocenters. The zero-order chi connectivity index (χ0) is 14.7. The maximum absolute atomic E-state index is 11.2. The minimum absolute atomic E-state index is 0. The first-order valence-electron chi connectivity index (χ1n) is 7.54. The van der Waals surface area contributed by atoms with Gasteiger partial charge in [-0.3, -0.25) is 0 Å². The van der Waals surface area contributed by atoms with Crippen LogP contribution in [0, 0.1) is 0 Å². The topological polar surface area (TPSA) is 77.4 Å². The van der Waals surface area contributed by atoms with Gasteiger partial charge in [0.15, 0.2) is 0 Å². The molecule has 0 rings (SSSR count). The van der Waals surface area contributed by atoms with Crippen LogP contribution in [-0.4, -0.2) is 29.4 Å². The van der Waals surface area contributed by atoms with Crippen molar-refractivity contribution in [3.05, 3.63) is 0 Å². The van der Waals surface area contributed by atoms with E-state index in [1.165, 1.54) is 0 Å². The van der Waals surface area contributed by atoms with Gasteiger partial charge in [0.2, 0.25) is 0 Å². The van der Waals surface area contributed by atoms with E-state index >= 15 is 0 Å². The van der Waals surface area contributed by atoms with E-state index in [-0.39, 0.29) is 57.8 Å². The molecule has 1 N–H and O–H groups in total. The molecule has 116 valence electrons. The zero-order valence-electron chi connectivity index (χ0n) is 13.3. The zero-order valence-corrected chi connectivity index (χ0v) is 17.2. The molecule has 0 saturated carbocycles. The Hall–Kier alpha value is 1.51. The van der Waals surface area contributed by atoms with Crippen LogP contribution in [-0.2, 0) is 10.1 Å². The molecular weight excluding hydrogens is 303 g/mol. The molecule has 0 fully saturated rings. The van der Waals surface area contributed by atoms with Crippen molar-refractivity contribution < 1.29 is 69.5 Å². The van der Waals surface area contributed by atoms with E-state index in [1.54, 1.807) is 0 Å². The Balaban J connectivity index is 0. The molecule has 0 spiro atoms. The summed E-state index contributed by atoms with van der Waals surface area (Å²) in [6.45, 7) is 4.14. The second-order valence-electron chi connectivity index (χ2n) is 5.35. The quantitative estimate of drug-likeness (QED) is 0.315. The number of aliphatic hydroxyl groups is 1. The minimum atomic E-state index is -4.29. The van der Waals surface area contributed by atoms with Gasteiger partial charge in [0.25, 0.3) is 0 Å². The molecule has 0 amide bonds. The Labute approximate surface area is 167 Å².